The number of aromatic nitrogens is 1. The molecule has 0 radical (unpaired) electrons. The number of amides is 1. The van der Waals surface area contributed by atoms with E-state index in [0.29, 0.717) is 12.2 Å². The Hall–Kier alpha value is -3.08. The van der Waals surface area contributed by atoms with E-state index in [9.17, 15) is 4.79 Å². The second kappa shape index (κ2) is 8.61. The van der Waals surface area contributed by atoms with Gasteiger partial charge in [-0.25, -0.2) is 4.98 Å². The van der Waals surface area contributed by atoms with Crippen LogP contribution in [0.5, 0.6) is 11.5 Å². The summed E-state index contributed by atoms with van der Waals surface area (Å²) in [4.78, 5) is 17.4. The van der Waals surface area contributed by atoms with Gasteiger partial charge in [-0.05, 0) is 111 Å². The van der Waals surface area contributed by atoms with Gasteiger partial charge in [0.1, 0.15) is 17.3 Å². The first kappa shape index (κ1) is 21.5. The summed E-state index contributed by atoms with van der Waals surface area (Å²) < 4.78 is 5.97. The van der Waals surface area contributed by atoms with Gasteiger partial charge < -0.3 is 15.8 Å². The number of carbonyl (C=O) groups is 1. The topological polar surface area (TPSA) is 77.2 Å². The quantitative estimate of drug-likeness (QED) is 0.457. The molecule has 0 spiro atoms. The maximum atomic E-state index is 12.9. The average Bonchev–Trinajstić information content (AvgIpc) is 2.79. The fourth-order valence-electron chi connectivity index (χ4n) is 7.16. The number of rotatable bonds is 7. The fourth-order valence-corrected chi connectivity index (χ4v) is 7.16. The first-order valence-corrected chi connectivity index (χ1v) is 12.8. The summed E-state index contributed by atoms with van der Waals surface area (Å²) >= 11 is 0. The Kier molecular flexibility index (Phi) is 5.43. The smallest absolute Gasteiger partial charge is 0.220 e. The van der Waals surface area contributed by atoms with E-state index >= 15 is 0 Å². The minimum atomic E-state index is 0.0878. The predicted molar refractivity (Wildman–Crippen MR) is 135 cm³/mol. The van der Waals surface area contributed by atoms with Crippen molar-refractivity contribution in [2.24, 2.45) is 17.8 Å². The number of nitrogens with zero attached hydrogens (tertiary/aromatic N) is 1. The number of nitrogen functional groups attached to an aromatic ring is 1. The van der Waals surface area contributed by atoms with Gasteiger partial charge in [0.25, 0.3) is 0 Å². The number of anilines is 1. The summed E-state index contributed by atoms with van der Waals surface area (Å²) in [6.07, 6.45) is 9.81. The third-order valence-corrected chi connectivity index (χ3v) is 8.17. The fraction of sp³-hybridized carbons (Fsp3) is 0.448. The van der Waals surface area contributed by atoms with Gasteiger partial charge >= 0.3 is 0 Å². The molecular weight excluding hydrogens is 422 g/mol. The van der Waals surface area contributed by atoms with Crippen LogP contribution < -0.4 is 15.8 Å². The predicted octanol–water partition coefficient (Wildman–Crippen LogP) is 6.02. The molecule has 3 N–H and O–H groups in total. The number of hydrogen-bond donors (Lipinski definition) is 2. The van der Waals surface area contributed by atoms with Crippen molar-refractivity contribution in [1.82, 2.24) is 10.3 Å². The highest BCUT2D eigenvalue weighted by molar-refractivity contribution is 5.83. The lowest BCUT2D eigenvalue weighted by Gasteiger charge is -2.56. The Bertz CT molecular complexity index is 1170. The summed E-state index contributed by atoms with van der Waals surface area (Å²) in [5, 5.41) is 4.48. The van der Waals surface area contributed by atoms with Crippen molar-refractivity contribution < 1.29 is 9.53 Å². The molecule has 1 amide bonds. The molecule has 1 heterocycles. The zero-order valence-corrected chi connectivity index (χ0v) is 19.6. The number of benzene rings is 2. The van der Waals surface area contributed by atoms with Crippen LogP contribution in [0.3, 0.4) is 0 Å². The van der Waals surface area contributed by atoms with Crippen molar-refractivity contribution in [3.05, 3.63) is 60.2 Å². The second-order valence-electron chi connectivity index (χ2n) is 10.9. The van der Waals surface area contributed by atoms with E-state index in [-0.39, 0.29) is 11.4 Å². The molecule has 0 aliphatic heterocycles. The molecule has 7 rings (SSSR count). The lowest BCUT2D eigenvalue weighted by atomic mass is 9.53. The number of aryl methyl sites for hydroxylation is 1. The number of ether oxygens (including phenoxy) is 1. The van der Waals surface area contributed by atoms with Crippen LogP contribution in [0, 0.1) is 17.8 Å². The molecule has 1 aromatic heterocycles. The van der Waals surface area contributed by atoms with E-state index in [1.54, 1.807) is 0 Å². The zero-order valence-electron chi connectivity index (χ0n) is 19.6. The van der Waals surface area contributed by atoms with Crippen LogP contribution in [0.2, 0.25) is 0 Å². The average molecular weight is 456 g/mol. The van der Waals surface area contributed by atoms with Crippen LogP contribution in [0.1, 0.15) is 56.9 Å². The maximum Gasteiger partial charge on any atom is 0.220 e. The van der Waals surface area contributed by atoms with E-state index in [0.717, 1.165) is 58.6 Å². The van der Waals surface area contributed by atoms with Crippen LogP contribution in [0.15, 0.2) is 54.6 Å². The van der Waals surface area contributed by atoms with Gasteiger partial charge in [0.05, 0.1) is 5.52 Å². The van der Waals surface area contributed by atoms with E-state index in [1.807, 2.05) is 48.5 Å². The van der Waals surface area contributed by atoms with Crippen molar-refractivity contribution in [1.29, 1.82) is 0 Å². The van der Waals surface area contributed by atoms with E-state index in [1.165, 1.54) is 38.5 Å². The van der Waals surface area contributed by atoms with E-state index in [4.69, 9.17) is 10.5 Å². The molecule has 0 saturated heterocycles. The van der Waals surface area contributed by atoms with Gasteiger partial charge in [-0.3, -0.25) is 4.79 Å². The normalized spacial score (nSPS) is 27.1. The molecule has 4 bridgehead atoms. The van der Waals surface area contributed by atoms with Crippen LogP contribution in [0.4, 0.5) is 5.82 Å². The Morgan fingerprint density at radius 3 is 2.38 bits per heavy atom. The van der Waals surface area contributed by atoms with Crippen molar-refractivity contribution in [3.63, 3.8) is 0 Å². The molecule has 4 aliphatic carbocycles. The van der Waals surface area contributed by atoms with Crippen molar-refractivity contribution in [2.75, 3.05) is 5.73 Å². The third kappa shape index (κ3) is 4.36. The van der Waals surface area contributed by atoms with Gasteiger partial charge in [0.2, 0.25) is 5.91 Å². The molecule has 34 heavy (non-hydrogen) atoms. The third-order valence-electron chi connectivity index (χ3n) is 8.17. The Balaban J connectivity index is 1.09. The highest BCUT2D eigenvalue weighted by Gasteiger charge is 2.51. The Labute approximate surface area is 201 Å². The minimum absolute atomic E-state index is 0.0878. The Morgan fingerprint density at radius 2 is 1.68 bits per heavy atom. The number of para-hydroxylation sites is 1. The first-order chi connectivity index (χ1) is 16.5. The summed E-state index contributed by atoms with van der Waals surface area (Å²) in [5.41, 5.74) is 8.19. The number of nitrogens with one attached hydrogen (secondary N) is 1. The summed E-state index contributed by atoms with van der Waals surface area (Å²) in [6.45, 7) is 0. The molecule has 176 valence electrons. The molecule has 4 aliphatic rings. The number of nitrogens with two attached hydrogens (primary N) is 1. The van der Waals surface area contributed by atoms with Crippen molar-refractivity contribution >= 4 is 22.6 Å². The monoisotopic (exact) mass is 455 g/mol. The minimum Gasteiger partial charge on any atom is -0.457 e. The highest BCUT2D eigenvalue weighted by atomic mass is 16.5. The molecule has 3 aromatic rings. The molecule has 5 nitrogen and oxygen atoms in total. The molecular formula is C29H33N3O2. The summed E-state index contributed by atoms with van der Waals surface area (Å²) in [5.74, 6) is 4.84. The molecule has 4 fully saturated rings. The maximum absolute atomic E-state index is 12.9. The van der Waals surface area contributed by atoms with Gasteiger partial charge in [-0.1, -0.05) is 18.2 Å². The number of pyridine rings is 1. The summed E-state index contributed by atoms with van der Waals surface area (Å²) in [7, 11) is 0. The van der Waals surface area contributed by atoms with Gasteiger partial charge in [-0.15, -0.1) is 0 Å². The second-order valence-corrected chi connectivity index (χ2v) is 10.9. The van der Waals surface area contributed by atoms with Crippen LogP contribution in [0.25, 0.3) is 10.9 Å². The highest BCUT2D eigenvalue weighted by Crippen LogP contribution is 2.55. The molecule has 2 aromatic carbocycles. The van der Waals surface area contributed by atoms with E-state index < -0.39 is 0 Å². The first-order valence-electron chi connectivity index (χ1n) is 12.8. The summed E-state index contributed by atoms with van der Waals surface area (Å²) in [6, 6.07) is 17.7. The van der Waals surface area contributed by atoms with Gasteiger partial charge in [0.15, 0.2) is 0 Å². The molecule has 5 heteroatoms. The van der Waals surface area contributed by atoms with E-state index in [2.05, 4.69) is 16.4 Å². The SMILES string of the molecule is Nc1nc2ccc(Oc3ccccc3)cc2cc1CCCC(=O)NC12CC3CC(CC(C3)C1)C2. The van der Waals surface area contributed by atoms with Crippen LogP contribution in [-0.2, 0) is 11.2 Å². The molecule has 0 atom stereocenters. The van der Waals surface area contributed by atoms with Crippen LogP contribution in [-0.4, -0.2) is 16.4 Å². The van der Waals surface area contributed by atoms with Gasteiger partial charge in [-0.2, -0.15) is 0 Å². The number of carbonyl (C=O) groups excluding carboxylic acids is 1. The Morgan fingerprint density at radius 1 is 0.971 bits per heavy atom. The largest absolute Gasteiger partial charge is 0.457 e. The zero-order chi connectivity index (χ0) is 23.1. The lowest BCUT2D eigenvalue weighted by Crippen LogP contribution is -2.59. The number of hydrogen-bond acceptors (Lipinski definition) is 4. The standard InChI is InChI=1S/C29H33N3O2/c30-28-22(14-23-15-25(9-10-26(23)31-28)34-24-6-2-1-3-7-24)5-4-8-27(33)32-29-16-19-11-20(17-29)13-21(12-19)18-29/h1-3,6-7,9-10,14-15,19-21H,4-5,8,11-13,16-18H2,(H2,30,31)(H,32,33). The molecule has 4 saturated carbocycles. The van der Waals surface area contributed by atoms with Gasteiger partial charge in [0, 0.05) is 17.3 Å². The lowest BCUT2D eigenvalue weighted by molar-refractivity contribution is -0.126. The number of fused-ring (bicyclic) bond motifs is 1. The van der Waals surface area contributed by atoms with Crippen LogP contribution >= 0.6 is 0 Å². The van der Waals surface area contributed by atoms with Crippen molar-refractivity contribution in [2.45, 2.75) is 63.3 Å². The molecule has 0 unspecified atom stereocenters. The van der Waals surface area contributed by atoms with Crippen molar-refractivity contribution in [3.8, 4) is 11.5 Å².